The molecule has 1 aliphatic heterocycles. The monoisotopic (exact) mass is 368 g/mol. The number of aromatic nitrogens is 1. The summed E-state index contributed by atoms with van der Waals surface area (Å²) >= 11 is 0. The molecule has 1 aromatic heterocycles. The fourth-order valence-corrected chi connectivity index (χ4v) is 3.57. The van der Waals surface area contributed by atoms with Gasteiger partial charge in [0, 0.05) is 37.9 Å². The quantitative estimate of drug-likeness (QED) is 0.727. The van der Waals surface area contributed by atoms with Crippen LogP contribution in [-0.2, 0) is 26.2 Å². The Morgan fingerprint density at radius 3 is 2.60 bits per heavy atom. The smallest absolute Gasteiger partial charge is 0.242 e. The van der Waals surface area contributed by atoms with Crippen LogP contribution in [0.4, 0.5) is 0 Å². The van der Waals surface area contributed by atoms with E-state index >= 15 is 0 Å². The van der Waals surface area contributed by atoms with Crippen molar-refractivity contribution in [3.8, 4) is 0 Å². The van der Waals surface area contributed by atoms with Crippen LogP contribution in [0, 0.1) is 5.92 Å². The second kappa shape index (κ2) is 8.39. The van der Waals surface area contributed by atoms with Crippen LogP contribution >= 0.6 is 0 Å². The SMILES string of the molecule is C[C@H](NC(=O)C1CCN(S(C)(=O)=O)CC1)C(=O)NCc1cccnc1. The Kier molecular flexibility index (Phi) is 6.49. The van der Waals surface area contributed by atoms with Crippen molar-refractivity contribution in [2.24, 2.45) is 5.92 Å². The van der Waals surface area contributed by atoms with E-state index in [2.05, 4.69) is 15.6 Å². The average Bonchev–Trinajstić information content (AvgIpc) is 2.59. The van der Waals surface area contributed by atoms with Crippen molar-refractivity contribution >= 4 is 21.8 Å². The minimum atomic E-state index is -3.21. The molecule has 9 heteroatoms. The maximum atomic E-state index is 12.3. The summed E-state index contributed by atoms with van der Waals surface area (Å²) in [5, 5.41) is 5.46. The lowest BCUT2D eigenvalue weighted by molar-refractivity contribution is -0.131. The summed E-state index contributed by atoms with van der Waals surface area (Å²) in [6.07, 6.45) is 5.41. The van der Waals surface area contributed by atoms with Gasteiger partial charge in [-0.25, -0.2) is 12.7 Å². The molecule has 0 spiro atoms. The summed E-state index contributed by atoms with van der Waals surface area (Å²) in [7, 11) is -3.21. The molecule has 25 heavy (non-hydrogen) atoms. The van der Waals surface area contributed by atoms with Gasteiger partial charge in [0.1, 0.15) is 6.04 Å². The molecule has 0 radical (unpaired) electrons. The average molecular weight is 368 g/mol. The topological polar surface area (TPSA) is 108 Å². The van der Waals surface area contributed by atoms with E-state index in [4.69, 9.17) is 0 Å². The maximum absolute atomic E-state index is 12.3. The Morgan fingerprint density at radius 1 is 1.36 bits per heavy atom. The normalized spacial score (nSPS) is 17.7. The van der Waals surface area contributed by atoms with Crippen molar-refractivity contribution in [1.82, 2.24) is 19.9 Å². The largest absolute Gasteiger partial charge is 0.350 e. The molecule has 0 unspecified atom stereocenters. The lowest BCUT2D eigenvalue weighted by atomic mass is 9.97. The van der Waals surface area contributed by atoms with Crippen LogP contribution in [0.25, 0.3) is 0 Å². The number of nitrogens with zero attached hydrogens (tertiary/aromatic N) is 2. The number of carbonyl (C=O) groups is 2. The van der Waals surface area contributed by atoms with Crippen molar-refractivity contribution in [2.45, 2.75) is 32.4 Å². The fourth-order valence-electron chi connectivity index (χ4n) is 2.69. The maximum Gasteiger partial charge on any atom is 0.242 e. The third-order valence-electron chi connectivity index (χ3n) is 4.24. The van der Waals surface area contributed by atoms with E-state index < -0.39 is 16.1 Å². The Bertz CT molecular complexity index is 700. The number of piperidine rings is 1. The minimum absolute atomic E-state index is 0.211. The highest BCUT2D eigenvalue weighted by Gasteiger charge is 2.30. The van der Waals surface area contributed by atoms with Crippen LogP contribution < -0.4 is 10.6 Å². The van der Waals surface area contributed by atoms with Crippen molar-refractivity contribution in [2.75, 3.05) is 19.3 Å². The highest BCUT2D eigenvalue weighted by atomic mass is 32.2. The molecule has 2 heterocycles. The standard InChI is InChI=1S/C16H24N4O4S/c1-12(15(21)18-11-13-4-3-7-17-10-13)19-16(22)14-5-8-20(9-6-14)25(2,23)24/h3-4,7,10,12,14H,5-6,8-9,11H2,1-2H3,(H,18,21)(H,19,22)/t12-/m0/s1. The number of amides is 2. The van der Waals surface area contributed by atoms with Crippen LogP contribution in [0.3, 0.4) is 0 Å². The number of hydrogen-bond acceptors (Lipinski definition) is 5. The van der Waals surface area contributed by atoms with Crippen molar-refractivity contribution < 1.29 is 18.0 Å². The first-order valence-electron chi connectivity index (χ1n) is 8.19. The molecule has 2 amide bonds. The minimum Gasteiger partial charge on any atom is -0.350 e. The van der Waals surface area contributed by atoms with E-state index in [1.54, 1.807) is 25.4 Å². The van der Waals surface area contributed by atoms with Gasteiger partial charge in [0.2, 0.25) is 21.8 Å². The molecule has 2 rings (SSSR count). The summed E-state index contributed by atoms with van der Waals surface area (Å²) in [4.78, 5) is 28.3. The Hall–Kier alpha value is -2.00. The summed E-state index contributed by atoms with van der Waals surface area (Å²) in [5.74, 6) is -0.755. The van der Waals surface area contributed by atoms with Gasteiger partial charge in [0.25, 0.3) is 0 Å². The van der Waals surface area contributed by atoms with Crippen LogP contribution in [0.2, 0.25) is 0 Å². The van der Waals surface area contributed by atoms with Crippen LogP contribution in [0.5, 0.6) is 0 Å². The molecule has 2 N–H and O–H groups in total. The molecule has 0 aliphatic carbocycles. The van der Waals surface area contributed by atoms with Crippen LogP contribution in [-0.4, -0.2) is 54.9 Å². The zero-order valence-corrected chi connectivity index (χ0v) is 15.3. The fraction of sp³-hybridized carbons (Fsp3) is 0.562. The zero-order valence-electron chi connectivity index (χ0n) is 14.4. The summed E-state index contributed by atoms with van der Waals surface area (Å²) in [6, 6.07) is 2.99. The Labute approximate surface area is 148 Å². The first-order chi connectivity index (χ1) is 11.8. The summed E-state index contributed by atoms with van der Waals surface area (Å²) < 4.78 is 24.3. The molecule has 8 nitrogen and oxygen atoms in total. The molecule has 0 saturated carbocycles. The van der Waals surface area contributed by atoms with Gasteiger partial charge in [-0.05, 0) is 31.4 Å². The van der Waals surface area contributed by atoms with Gasteiger partial charge in [-0.2, -0.15) is 0 Å². The molecule has 1 saturated heterocycles. The zero-order chi connectivity index (χ0) is 18.4. The number of hydrogen-bond donors (Lipinski definition) is 2. The molecular weight excluding hydrogens is 344 g/mol. The van der Waals surface area contributed by atoms with E-state index in [1.165, 1.54) is 10.6 Å². The van der Waals surface area contributed by atoms with E-state index in [0.717, 1.165) is 5.56 Å². The van der Waals surface area contributed by atoms with E-state index in [0.29, 0.717) is 32.5 Å². The van der Waals surface area contributed by atoms with E-state index in [-0.39, 0.29) is 17.7 Å². The van der Waals surface area contributed by atoms with Crippen molar-refractivity contribution in [3.63, 3.8) is 0 Å². The van der Waals surface area contributed by atoms with Gasteiger partial charge in [-0.3, -0.25) is 14.6 Å². The highest BCUT2D eigenvalue weighted by Crippen LogP contribution is 2.19. The molecule has 1 aliphatic rings. The second-order valence-electron chi connectivity index (χ2n) is 6.25. The molecule has 138 valence electrons. The van der Waals surface area contributed by atoms with E-state index in [1.807, 2.05) is 6.07 Å². The van der Waals surface area contributed by atoms with Crippen LogP contribution in [0.15, 0.2) is 24.5 Å². The van der Waals surface area contributed by atoms with Gasteiger partial charge in [-0.15, -0.1) is 0 Å². The predicted molar refractivity (Wildman–Crippen MR) is 92.8 cm³/mol. The molecule has 1 atom stereocenters. The molecule has 1 aromatic rings. The predicted octanol–water partition coefficient (Wildman–Crippen LogP) is -0.126. The van der Waals surface area contributed by atoms with Gasteiger partial charge >= 0.3 is 0 Å². The number of sulfonamides is 1. The number of pyridine rings is 1. The molecule has 1 fully saturated rings. The Morgan fingerprint density at radius 2 is 2.04 bits per heavy atom. The summed E-state index contributed by atoms with van der Waals surface area (Å²) in [6.45, 7) is 2.64. The molecule has 0 aromatic carbocycles. The first-order valence-corrected chi connectivity index (χ1v) is 10.0. The van der Waals surface area contributed by atoms with Crippen LogP contribution in [0.1, 0.15) is 25.3 Å². The van der Waals surface area contributed by atoms with Crippen molar-refractivity contribution in [1.29, 1.82) is 0 Å². The van der Waals surface area contributed by atoms with Gasteiger partial charge in [-0.1, -0.05) is 6.07 Å². The molecule has 0 bridgehead atoms. The van der Waals surface area contributed by atoms with Gasteiger partial charge in [0.15, 0.2) is 0 Å². The third-order valence-corrected chi connectivity index (χ3v) is 5.54. The van der Waals surface area contributed by atoms with Crippen molar-refractivity contribution in [3.05, 3.63) is 30.1 Å². The number of nitrogens with one attached hydrogen (secondary N) is 2. The number of rotatable bonds is 6. The van der Waals surface area contributed by atoms with Gasteiger partial charge in [0.05, 0.1) is 6.26 Å². The molecular formula is C16H24N4O4S. The number of carbonyl (C=O) groups excluding carboxylic acids is 2. The summed E-state index contributed by atoms with van der Waals surface area (Å²) in [5.41, 5.74) is 0.877. The second-order valence-corrected chi connectivity index (χ2v) is 8.23. The first kappa shape index (κ1) is 19.3. The van der Waals surface area contributed by atoms with Gasteiger partial charge < -0.3 is 10.6 Å². The highest BCUT2D eigenvalue weighted by molar-refractivity contribution is 7.88. The lowest BCUT2D eigenvalue weighted by Crippen LogP contribution is -2.48. The third kappa shape index (κ3) is 5.79. The lowest BCUT2D eigenvalue weighted by Gasteiger charge is -2.30. The Balaban J connectivity index is 1.77. The van der Waals surface area contributed by atoms with E-state index in [9.17, 15) is 18.0 Å².